The fourth-order valence-electron chi connectivity index (χ4n) is 5.59. The van der Waals surface area contributed by atoms with Crippen molar-refractivity contribution >= 4 is 24.2 Å². The molecule has 0 aliphatic heterocycles. The Kier molecular flexibility index (Phi) is 21.3. The normalized spacial score (nSPS) is 23.3. The highest BCUT2D eigenvalue weighted by atomic mass is 17.2. The number of esters is 1. The molecule has 2 rings (SSSR count). The summed E-state index contributed by atoms with van der Waals surface area (Å²) in [5.41, 5.74) is 2.52. The van der Waals surface area contributed by atoms with E-state index in [1.54, 1.807) is 13.8 Å². The Morgan fingerprint density at radius 2 is 1.37 bits per heavy atom. The summed E-state index contributed by atoms with van der Waals surface area (Å²) < 4.78 is 11.3. The number of ether oxygens (including phenoxy) is 2. The number of ketones is 1. The number of carbonyl (C=O) groups excluding carboxylic acids is 3. The molecule has 6 unspecified atom stereocenters. The molecule has 0 radical (unpaired) electrons. The molecule has 288 valence electrons. The van der Waals surface area contributed by atoms with Crippen molar-refractivity contribution < 1.29 is 53.2 Å². The highest BCUT2D eigenvalue weighted by Gasteiger charge is 2.37. The van der Waals surface area contributed by atoms with Crippen LogP contribution in [0.5, 0.6) is 0 Å². The van der Waals surface area contributed by atoms with Gasteiger partial charge in [0, 0.05) is 25.1 Å². The summed E-state index contributed by atoms with van der Waals surface area (Å²) in [4.78, 5) is 73.5. The summed E-state index contributed by atoms with van der Waals surface area (Å²) in [5.74, 6) is -0.246. The summed E-state index contributed by atoms with van der Waals surface area (Å²) >= 11 is 0. The molecule has 0 heterocycles. The Labute approximate surface area is 303 Å². The van der Waals surface area contributed by atoms with E-state index < -0.39 is 30.4 Å². The molecule has 2 aliphatic carbocycles. The molecule has 6 atom stereocenters. The largest absolute Gasteiger partial charge is 0.455 e. The molecule has 2 fully saturated rings. The third-order valence-electron chi connectivity index (χ3n) is 8.46. The molecule has 0 aromatic rings. The van der Waals surface area contributed by atoms with Crippen LogP contribution in [0.3, 0.4) is 0 Å². The van der Waals surface area contributed by atoms with Gasteiger partial charge in [-0.15, -0.1) is 0 Å². The van der Waals surface area contributed by atoms with Gasteiger partial charge in [-0.1, -0.05) is 50.3 Å². The number of hydrogen-bond donors (Lipinski definition) is 1. The van der Waals surface area contributed by atoms with Crippen LogP contribution in [0.25, 0.3) is 0 Å². The van der Waals surface area contributed by atoms with E-state index in [-0.39, 0.29) is 35.9 Å². The van der Waals surface area contributed by atoms with Gasteiger partial charge >= 0.3 is 12.1 Å². The van der Waals surface area contributed by atoms with Crippen LogP contribution in [-0.4, -0.2) is 81.6 Å². The van der Waals surface area contributed by atoms with Gasteiger partial charge in [0.1, 0.15) is 37.6 Å². The molecule has 0 spiro atoms. The maximum atomic E-state index is 12.6. The summed E-state index contributed by atoms with van der Waals surface area (Å²) in [6.07, 6.45) is 6.38. The van der Waals surface area contributed by atoms with E-state index in [1.807, 2.05) is 13.8 Å². The number of amides is 1. The highest BCUT2D eigenvalue weighted by Crippen LogP contribution is 2.32. The molecular formula is C38H60N2O11. The van der Waals surface area contributed by atoms with Crippen LogP contribution in [0.15, 0.2) is 53.6 Å². The lowest BCUT2D eigenvalue weighted by molar-refractivity contribution is -0.372. The van der Waals surface area contributed by atoms with Crippen molar-refractivity contribution in [1.82, 2.24) is 5.32 Å². The fraction of sp³-hybridized carbons (Fsp3) is 0.684. The number of alkyl carbamates (subject to hydrolysis) is 1. The minimum atomic E-state index is -0.612. The lowest BCUT2D eigenvalue weighted by Crippen LogP contribution is -2.43. The Hall–Kier alpha value is -3.36. The van der Waals surface area contributed by atoms with E-state index in [2.05, 4.69) is 36.6 Å². The number of Topliss-reactive ketones (excluding diaryl/α,β-unsaturated/α-hetero) is 1. The number of carbonyl (C=O) groups is 3. The molecule has 13 nitrogen and oxygen atoms in total. The van der Waals surface area contributed by atoms with Crippen LogP contribution in [0.2, 0.25) is 0 Å². The second-order valence-corrected chi connectivity index (χ2v) is 13.9. The van der Waals surface area contributed by atoms with Crippen molar-refractivity contribution in [1.29, 1.82) is 0 Å². The van der Waals surface area contributed by atoms with E-state index in [0.29, 0.717) is 64.0 Å². The number of allylic oxidation sites excluding steroid dienone is 1. The molecule has 0 aromatic heterocycles. The zero-order valence-electron chi connectivity index (χ0n) is 31.1. The molecule has 1 N–H and O–H groups in total. The van der Waals surface area contributed by atoms with Crippen molar-refractivity contribution in [3.8, 4) is 0 Å². The van der Waals surface area contributed by atoms with Crippen LogP contribution in [0.4, 0.5) is 4.79 Å². The summed E-state index contributed by atoms with van der Waals surface area (Å²) in [5, 5.41) is 2.80. The van der Waals surface area contributed by atoms with Gasteiger partial charge in [-0.3, -0.25) is 9.79 Å². The van der Waals surface area contributed by atoms with E-state index in [0.717, 1.165) is 49.7 Å². The van der Waals surface area contributed by atoms with Gasteiger partial charge in [-0.05, 0) is 96.5 Å². The van der Waals surface area contributed by atoms with Crippen molar-refractivity contribution in [2.75, 3.05) is 32.9 Å². The lowest BCUT2D eigenvalue weighted by Gasteiger charge is -2.34. The average molecular weight is 721 g/mol. The maximum absolute atomic E-state index is 12.6. The number of nitrogens with one attached hydrogen (secondary N) is 1. The molecule has 2 saturated carbocycles. The van der Waals surface area contributed by atoms with E-state index in [4.69, 9.17) is 38.8 Å². The molecule has 0 saturated heterocycles. The maximum Gasteiger partial charge on any atom is 0.407 e. The minimum Gasteiger partial charge on any atom is -0.455 e. The highest BCUT2D eigenvalue weighted by molar-refractivity contribution is 5.94. The smallest absolute Gasteiger partial charge is 0.407 e. The first kappa shape index (κ1) is 43.8. The van der Waals surface area contributed by atoms with Crippen molar-refractivity contribution in [2.45, 2.75) is 123 Å². The van der Waals surface area contributed by atoms with Gasteiger partial charge in [-0.2, -0.15) is 4.89 Å². The van der Waals surface area contributed by atoms with Crippen LogP contribution in [0, 0.1) is 11.8 Å². The summed E-state index contributed by atoms with van der Waals surface area (Å²) in [6.45, 7) is 23.9. The predicted molar refractivity (Wildman–Crippen MR) is 192 cm³/mol. The van der Waals surface area contributed by atoms with Gasteiger partial charge < -0.3 is 19.7 Å². The van der Waals surface area contributed by atoms with Gasteiger partial charge in [0.15, 0.2) is 5.78 Å². The molecule has 0 bridgehead atoms. The monoisotopic (exact) mass is 720 g/mol. The Balaban J connectivity index is 1.67. The molecule has 1 amide bonds. The molecule has 51 heavy (non-hydrogen) atoms. The molecule has 13 heteroatoms. The van der Waals surface area contributed by atoms with E-state index in [9.17, 15) is 14.4 Å². The van der Waals surface area contributed by atoms with Crippen molar-refractivity contribution in [2.24, 2.45) is 16.8 Å². The van der Waals surface area contributed by atoms with Crippen molar-refractivity contribution in [3.63, 3.8) is 0 Å². The number of aliphatic imine (C=N–C) groups is 1. The Morgan fingerprint density at radius 3 is 2.08 bits per heavy atom. The molecular weight excluding hydrogens is 660 g/mol. The quantitative estimate of drug-likeness (QED) is 0.0151. The molecule has 0 aromatic carbocycles. The second-order valence-electron chi connectivity index (χ2n) is 13.9. The standard InChI is InChI=1S/C38H60N2O11/c1-26(2)22-44-45-24-31-14-15-33(48-37(42)29(7)8)35(21-31)49-38(43)40-18-12-10-9-11-17-39-25-47-51-36-20-30(19-32(41)28(5)6)13-16-34(36)50-46-23-27(3)4/h25,30-31,33-36H,1,3,5,7,9-24H2,2,4,6,8H3,(H,40,43). The Bertz CT molecular complexity index is 1190. The first-order valence-corrected chi connectivity index (χ1v) is 18.0. The van der Waals surface area contributed by atoms with Gasteiger partial charge in [0.2, 0.25) is 6.40 Å². The zero-order valence-corrected chi connectivity index (χ0v) is 31.1. The second kappa shape index (κ2) is 24.8. The topological polar surface area (TPSA) is 149 Å². The number of unbranched alkanes of at least 4 members (excludes halogenated alkanes) is 3. The third-order valence-corrected chi connectivity index (χ3v) is 8.46. The number of hydrogen-bond acceptors (Lipinski definition) is 12. The fourth-order valence-corrected chi connectivity index (χ4v) is 5.59. The van der Waals surface area contributed by atoms with Crippen LogP contribution >= 0.6 is 0 Å². The summed E-state index contributed by atoms with van der Waals surface area (Å²) in [6, 6.07) is 0. The Morgan fingerprint density at radius 1 is 0.706 bits per heavy atom. The van der Waals surface area contributed by atoms with Crippen LogP contribution in [-0.2, 0) is 48.4 Å². The third kappa shape index (κ3) is 19.2. The average Bonchev–Trinajstić information content (AvgIpc) is 3.07. The zero-order chi connectivity index (χ0) is 37.6. The van der Waals surface area contributed by atoms with E-state index >= 15 is 0 Å². The van der Waals surface area contributed by atoms with Gasteiger partial charge in [0.05, 0.1) is 6.61 Å². The lowest BCUT2D eigenvalue weighted by atomic mass is 9.82. The van der Waals surface area contributed by atoms with Crippen LogP contribution < -0.4 is 5.32 Å². The minimum absolute atomic E-state index is 0.0488. The first-order chi connectivity index (χ1) is 24.3. The van der Waals surface area contributed by atoms with E-state index in [1.165, 1.54) is 6.40 Å². The van der Waals surface area contributed by atoms with Gasteiger partial charge in [-0.25, -0.2) is 29.1 Å². The SMILES string of the molecule is C=C(C)COOCC1CCC(OC(=O)C(=C)C)C(OC(=O)NCCCCCCN=COOC2CC(CC(=O)C(=C)C)CCC2OOCC(=C)C)C1. The number of nitrogens with zero attached hydrogens (tertiary/aromatic N) is 1. The predicted octanol–water partition coefficient (Wildman–Crippen LogP) is 7.03. The van der Waals surface area contributed by atoms with Crippen LogP contribution in [0.1, 0.15) is 98.3 Å². The van der Waals surface area contributed by atoms with Crippen molar-refractivity contribution in [3.05, 3.63) is 48.6 Å². The molecule has 2 aliphatic rings. The summed E-state index contributed by atoms with van der Waals surface area (Å²) in [7, 11) is 0. The number of rotatable bonds is 25. The van der Waals surface area contributed by atoms with Gasteiger partial charge in [0.25, 0.3) is 0 Å². The first-order valence-electron chi connectivity index (χ1n) is 18.0.